The summed E-state index contributed by atoms with van der Waals surface area (Å²) >= 11 is 0. The van der Waals surface area contributed by atoms with E-state index in [1.165, 1.54) is 12.0 Å². The fraction of sp³-hybridized carbons (Fsp3) is 0.200. The first-order valence-corrected chi connectivity index (χ1v) is 6.33. The smallest absolute Gasteiger partial charge is 0.339 e. The Morgan fingerprint density at radius 3 is 2.67 bits per heavy atom. The molecule has 2 rings (SSSR count). The molecule has 0 saturated heterocycles. The van der Waals surface area contributed by atoms with E-state index in [0.29, 0.717) is 23.6 Å². The molecule has 6 heteroatoms. The molecule has 0 bridgehead atoms. The van der Waals surface area contributed by atoms with Crippen LogP contribution in [-0.4, -0.2) is 31.1 Å². The van der Waals surface area contributed by atoms with Gasteiger partial charge >= 0.3 is 12.0 Å². The normalized spacial score (nSPS) is 10.0. The first kappa shape index (κ1) is 14.6. The molecule has 2 amide bonds. The van der Waals surface area contributed by atoms with Crippen LogP contribution in [0.1, 0.15) is 16.1 Å². The molecule has 1 N–H and O–H groups in total. The number of carbonyl (C=O) groups is 2. The summed E-state index contributed by atoms with van der Waals surface area (Å²) < 4.78 is 9.87. The van der Waals surface area contributed by atoms with Crippen LogP contribution in [0.25, 0.3) is 0 Å². The van der Waals surface area contributed by atoms with Crippen molar-refractivity contribution in [3.63, 3.8) is 0 Å². The van der Waals surface area contributed by atoms with Gasteiger partial charge in [-0.15, -0.1) is 0 Å². The van der Waals surface area contributed by atoms with Crippen molar-refractivity contribution in [1.29, 1.82) is 0 Å². The second kappa shape index (κ2) is 6.60. The maximum Gasteiger partial charge on any atom is 0.339 e. The number of methoxy groups -OCH3 is 1. The van der Waals surface area contributed by atoms with Gasteiger partial charge in [-0.2, -0.15) is 0 Å². The van der Waals surface area contributed by atoms with Gasteiger partial charge in [-0.3, -0.25) is 0 Å². The second-order valence-electron chi connectivity index (χ2n) is 4.40. The van der Waals surface area contributed by atoms with Gasteiger partial charge in [0.05, 0.1) is 31.2 Å². The quantitative estimate of drug-likeness (QED) is 0.878. The monoisotopic (exact) mass is 288 g/mol. The molecule has 6 nitrogen and oxygen atoms in total. The van der Waals surface area contributed by atoms with E-state index in [9.17, 15) is 9.59 Å². The van der Waals surface area contributed by atoms with Crippen LogP contribution < -0.4 is 5.32 Å². The number of nitrogens with zero attached hydrogens (tertiary/aromatic N) is 1. The van der Waals surface area contributed by atoms with Crippen molar-refractivity contribution in [2.75, 3.05) is 19.5 Å². The van der Waals surface area contributed by atoms with Crippen molar-refractivity contribution < 1.29 is 18.7 Å². The summed E-state index contributed by atoms with van der Waals surface area (Å²) in [4.78, 5) is 25.2. The SMILES string of the molecule is COC(=O)c1ccccc1NC(=O)N(C)Cc1ccco1. The van der Waals surface area contributed by atoms with Crippen LogP contribution >= 0.6 is 0 Å². The maximum absolute atomic E-state index is 12.1. The van der Waals surface area contributed by atoms with Gasteiger partial charge in [0.2, 0.25) is 0 Å². The zero-order valence-corrected chi connectivity index (χ0v) is 11.8. The molecule has 1 aromatic heterocycles. The Hall–Kier alpha value is -2.76. The van der Waals surface area contributed by atoms with Crippen molar-refractivity contribution in [1.82, 2.24) is 4.90 Å². The number of ether oxygens (including phenoxy) is 1. The van der Waals surface area contributed by atoms with Crippen molar-refractivity contribution in [3.8, 4) is 0 Å². The topological polar surface area (TPSA) is 71.8 Å². The largest absolute Gasteiger partial charge is 0.467 e. The zero-order chi connectivity index (χ0) is 15.2. The molecular formula is C15H16N2O4. The number of furan rings is 1. The first-order chi connectivity index (χ1) is 10.1. The van der Waals surface area contributed by atoms with Gasteiger partial charge in [-0.25, -0.2) is 9.59 Å². The number of carbonyl (C=O) groups excluding carboxylic acids is 2. The van der Waals surface area contributed by atoms with Crippen LogP contribution in [0.3, 0.4) is 0 Å². The number of nitrogens with one attached hydrogen (secondary N) is 1. The predicted octanol–water partition coefficient (Wildman–Crippen LogP) is 2.73. The van der Waals surface area contributed by atoms with Crippen LogP contribution in [0.4, 0.5) is 10.5 Å². The van der Waals surface area contributed by atoms with Gasteiger partial charge in [0.25, 0.3) is 0 Å². The number of amides is 2. The third kappa shape index (κ3) is 3.62. The van der Waals surface area contributed by atoms with E-state index in [-0.39, 0.29) is 6.03 Å². The molecular weight excluding hydrogens is 272 g/mol. The van der Waals surface area contributed by atoms with Crippen molar-refractivity contribution in [2.45, 2.75) is 6.54 Å². The molecule has 2 aromatic rings. The Kier molecular flexibility index (Phi) is 4.61. The summed E-state index contributed by atoms with van der Waals surface area (Å²) in [5.74, 6) is 0.175. The molecule has 0 saturated carbocycles. The molecule has 0 aliphatic carbocycles. The third-order valence-corrected chi connectivity index (χ3v) is 2.89. The summed E-state index contributed by atoms with van der Waals surface area (Å²) in [5.41, 5.74) is 0.709. The van der Waals surface area contributed by atoms with E-state index < -0.39 is 5.97 Å². The van der Waals surface area contributed by atoms with Crippen molar-refractivity contribution in [2.24, 2.45) is 0 Å². The highest BCUT2D eigenvalue weighted by atomic mass is 16.5. The van der Waals surface area contributed by atoms with Gasteiger partial charge < -0.3 is 19.4 Å². The lowest BCUT2D eigenvalue weighted by Gasteiger charge is -2.17. The van der Waals surface area contributed by atoms with Crippen LogP contribution in [0.5, 0.6) is 0 Å². The molecule has 0 unspecified atom stereocenters. The standard InChI is InChI=1S/C15H16N2O4/c1-17(10-11-6-5-9-21-11)15(19)16-13-8-4-3-7-12(13)14(18)20-2/h3-9H,10H2,1-2H3,(H,16,19). The Labute approximate surface area is 122 Å². The van der Waals surface area contributed by atoms with Gasteiger partial charge in [-0.1, -0.05) is 12.1 Å². The molecule has 0 atom stereocenters. The lowest BCUT2D eigenvalue weighted by Crippen LogP contribution is -2.31. The predicted molar refractivity (Wildman–Crippen MR) is 77.0 cm³/mol. The van der Waals surface area contributed by atoms with E-state index >= 15 is 0 Å². The minimum absolute atomic E-state index is 0.305. The summed E-state index contributed by atoms with van der Waals surface area (Å²) in [6, 6.07) is 9.87. The molecule has 1 heterocycles. The van der Waals surface area contributed by atoms with E-state index in [0.717, 1.165) is 0 Å². The van der Waals surface area contributed by atoms with E-state index in [2.05, 4.69) is 10.1 Å². The molecule has 1 aromatic carbocycles. The van der Waals surface area contributed by atoms with Crippen molar-refractivity contribution >= 4 is 17.7 Å². The molecule has 21 heavy (non-hydrogen) atoms. The average molecular weight is 288 g/mol. The fourth-order valence-electron chi connectivity index (χ4n) is 1.80. The third-order valence-electron chi connectivity index (χ3n) is 2.89. The Morgan fingerprint density at radius 1 is 1.24 bits per heavy atom. The van der Waals surface area contributed by atoms with Crippen LogP contribution in [-0.2, 0) is 11.3 Å². The number of hydrogen-bond acceptors (Lipinski definition) is 4. The minimum atomic E-state index is -0.500. The molecule has 0 fully saturated rings. The molecule has 0 aliphatic heterocycles. The first-order valence-electron chi connectivity index (χ1n) is 6.33. The lowest BCUT2D eigenvalue weighted by atomic mass is 10.2. The molecule has 110 valence electrons. The highest BCUT2D eigenvalue weighted by Crippen LogP contribution is 2.17. The van der Waals surface area contributed by atoms with Crippen LogP contribution in [0.15, 0.2) is 47.1 Å². The Balaban J connectivity index is 2.07. The number of benzene rings is 1. The average Bonchev–Trinajstić information content (AvgIpc) is 2.99. The molecule has 0 radical (unpaired) electrons. The van der Waals surface area contributed by atoms with Gasteiger partial charge in [0, 0.05) is 7.05 Å². The van der Waals surface area contributed by atoms with Crippen molar-refractivity contribution in [3.05, 3.63) is 54.0 Å². The number of para-hydroxylation sites is 1. The number of hydrogen-bond donors (Lipinski definition) is 1. The number of urea groups is 1. The van der Waals surface area contributed by atoms with Crippen LogP contribution in [0.2, 0.25) is 0 Å². The van der Waals surface area contributed by atoms with Crippen LogP contribution in [0, 0.1) is 0 Å². The number of rotatable bonds is 4. The van der Waals surface area contributed by atoms with Gasteiger partial charge in [0.1, 0.15) is 5.76 Å². The fourth-order valence-corrected chi connectivity index (χ4v) is 1.80. The summed E-state index contributed by atoms with van der Waals surface area (Å²) in [6.45, 7) is 0.333. The van der Waals surface area contributed by atoms with E-state index in [1.807, 2.05) is 0 Å². The maximum atomic E-state index is 12.1. The number of esters is 1. The number of anilines is 1. The Bertz CT molecular complexity index is 622. The minimum Gasteiger partial charge on any atom is -0.467 e. The van der Waals surface area contributed by atoms with E-state index in [1.54, 1.807) is 49.7 Å². The van der Waals surface area contributed by atoms with E-state index in [4.69, 9.17) is 4.42 Å². The van der Waals surface area contributed by atoms with Gasteiger partial charge in [-0.05, 0) is 24.3 Å². The highest BCUT2D eigenvalue weighted by Gasteiger charge is 2.16. The lowest BCUT2D eigenvalue weighted by molar-refractivity contribution is 0.0602. The highest BCUT2D eigenvalue weighted by molar-refractivity contribution is 6.00. The second-order valence-corrected chi connectivity index (χ2v) is 4.40. The summed E-state index contributed by atoms with van der Waals surface area (Å²) in [6.07, 6.45) is 1.55. The Morgan fingerprint density at radius 2 is 2.00 bits per heavy atom. The molecule has 0 spiro atoms. The summed E-state index contributed by atoms with van der Waals surface area (Å²) in [7, 11) is 2.93. The summed E-state index contributed by atoms with van der Waals surface area (Å²) in [5, 5.41) is 2.68. The molecule has 0 aliphatic rings. The zero-order valence-electron chi connectivity index (χ0n) is 11.8. The van der Waals surface area contributed by atoms with Gasteiger partial charge in [0.15, 0.2) is 0 Å².